The third-order valence-corrected chi connectivity index (χ3v) is 9.92. The average Bonchev–Trinajstić information content (AvgIpc) is 3.09. The summed E-state index contributed by atoms with van der Waals surface area (Å²) < 4.78 is 0. The first-order chi connectivity index (χ1) is 18.8. The Labute approximate surface area is 240 Å². The predicted molar refractivity (Wildman–Crippen MR) is 169 cm³/mol. The summed E-state index contributed by atoms with van der Waals surface area (Å²) in [6, 6.07) is 0. The smallest absolute Gasteiger partial charge is 0.0431 e. The van der Waals surface area contributed by atoms with E-state index in [4.69, 9.17) is 10.2 Å². The van der Waals surface area contributed by atoms with Crippen LogP contribution in [0.4, 0.5) is 0 Å². The van der Waals surface area contributed by atoms with Crippen LogP contribution in [0.2, 0.25) is 0 Å². The van der Waals surface area contributed by atoms with Gasteiger partial charge in [0.05, 0.1) is 0 Å². The van der Waals surface area contributed by atoms with Crippen molar-refractivity contribution in [1.82, 2.24) is 0 Å². The van der Waals surface area contributed by atoms with E-state index in [2.05, 4.69) is 13.8 Å². The number of hydrogen-bond donors (Lipinski definition) is 2. The van der Waals surface area contributed by atoms with Gasteiger partial charge in [-0.05, 0) is 55.8 Å². The van der Waals surface area contributed by atoms with Crippen molar-refractivity contribution >= 4 is 0 Å². The van der Waals surface area contributed by atoms with Gasteiger partial charge in [0.1, 0.15) is 0 Å². The molecule has 0 aromatic carbocycles. The minimum Gasteiger partial charge on any atom is -0.396 e. The molecule has 1 saturated carbocycles. The first-order valence-electron chi connectivity index (χ1n) is 18.0. The van der Waals surface area contributed by atoms with E-state index in [-0.39, 0.29) is 0 Å². The molecule has 1 rings (SSSR count). The lowest BCUT2D eigenvalue weighted by Gasteiger charge is -2.29. The van der Waals surface area contributed by atoms with Crippen LogP contribution >= 0.6 is 0 Å². The molecule has 228 valence electrons. The second kappa shape index (κ2) is 27.1. The van der Waals surface area contributed by atoms with E-state index >= 15 is 0 Å². The molecule has 1 aliphatic carbocycles. The van der Waals surface area contributed by atoms with E-state index < -0.39 is 0 Å². The lowest BCUT2D eigenvalue weighted by atomic mass is 9.76. The molecule has 0 aromatic rings. The summed E-state index contributed by atoms with van der Waals surface area (Å²) in [4.78, 5) is 0. The molecule has 2 nitrogen and oxygen atoms in total. The Morgan fingerprint density at radius 2 is 0.658 bits per heavy atom. The van der Waals surface area contributed by atoms with Crippen molar-refractivity contribution in [3.63, 3.8) is 0 Å². The molecular formula is C36H72O2. The van der Waals surface area contributed by atoms with Gasteiger partial charge in [0.2, 0.25) is 0 Å². The van der Waals surface area contributed by atoms with Gasteiger partial charge in [0.15, 0.2) is 0 Å². The molecule has 0 aliphatic heterocycles. The first kappa shape index (κ1) is 35.9. The lowest BCUT2D eigenvalue weighted by molar-refractivity contribution is 0.217. The summed E-state index contributed by atoms with van der Waals surface area (Å²) in [5.41, 5.74) is 0. The molecule has 38 heavy (non-hydrogen) atoms. The zero-order chi connectivity index (χ0) is 27.5. The summed E-state index contributed by atoms with van der Waals surface area (Å²) in [5, 5.41) is 18.1. The molecule has 0 aromatic heterocycles. The van der Waals surface area contributed by atoms with E-state index in [1.165, 1.54) is 167 Å². The fourth-order valence-electron chi connectivity index (χ4n) is 7.43. The number of aliphatic hydroxyl groups excluding tert-OH is 2. The van der Waals surface area contributed by atoms with Gasteiger partial charge < -0.3 is 10.2 Å². The van der Waals surface area contributed by atoms with Crippen molar-refractivity contribution < 1.29 is 10.2 Å². The summed E-state index contributed by atoms with van der Waals surface area (Å²) >= 11 is 0. The molecular weight excluding hydrogens is 464 g/mol. The fourth-order valence-corrected chi connectivity index (χ4v) is 7.43. The Morgan fingerprint density at radius 3 is 1.03 bits per heavy atom. The average molecular weight is 537 g/mol. The minimum atomic E-state index is 0.366. The van der Waals surface area contributed by atoms with Gasteiger partial charge in [0.25, 0.3) is 0 Å². The standard InChI is InChI=1S/C36H72O2/c1-3-5-7-13-20-26-35-32-36(27-21-15-10-12-17-23-31-38)34(25-19-14-9-11-16-22-30-37)29-28-33(35)24-18-8-6-4-2/h33-38H,3-32H2,1-2H3. The van der Waals surface area contributed by atoms with E-state index in [1.807, 2.05) is 0 Å². The maximum Gasteiger partial charge on any atom is 0.0431 e. The third-order valence-electron chi connectivity index (χ3n) is 9.92. The summed E-state index contributed by atoms with van der Waals surface area (Å²) in [7, 11) is 0. The quantitative estimate of drug-likeness (QED) is 0.0809. The lowest BCUT2D eigenvalue weighted by Crippen LogP contribution is -2.18. The predicted octanol–water partition coefficient (Wildman–Crippen LogP) is 11.4. The molecule has 0 radical (unpaired) electrons. The Morgan fingerprint density at radius 1 is 0.368 bits per heavy atom. The summed E-state index contributed by atoms with van der Waals surface area (Å²) in [5.74, 6) is 3.95. The van der Waals surface area contributed by atoms with Crippen molar-refractivity contribution in [2.75, 3.05) is 13.2 Å². The zero-order valence-electron chi connectivity index (χ0n) is 26.4. The monoisotopic (exact) mass is 537 g/mol. The van der Waals surface area contributed by atoms with Crippen molar-refractivity contribution in [2.24, 2.45) is 23.7 Å². The van der Waals surface area contributed by atoms with Crippen LogP contribution in [0.25, 0.3) is 0 Å². The van der Waals surface area contributed by atoms with Gasteiger partial charge in [0, 0.05) is 13.2 Å². The van der Waals surface area contributed by atoms with Crippen LogP contribution in [0.15, 0.2) is 0 Å². The molecule has 0 bridgehead atoms. The van der Waals surface area contributed by atoms with Gasteiger partial charge in [-0.15, -0.1) is 0 Å². The molecule has 4 atom stereocenters. The van der Waals surface area contributed by atoms with Gasteiger partial charge >= 0.3 is 0 Å². The van der Waals surface area contributed by atoms with E-state index in [0.717, 1.165) is 36.5 Å². The van der Waals surface area contributed by atoms with Gasteiger partial charge in [-0.1, -0.05) is 162 Å². The van der Waals surface area contributed by atoms with E-state index in [0.29, 0.717) is 13.2 Å². The topological polar surface area (TPSA) is 40.5 Å². The van der Waals surface area contributed by atoms with Crippen molar-refractivity contribution in [3.05, 3.63) is 0 Å². The van der Waals surface area contributed by atoms with Crippen LogP contribution in [-0.2, 0) is 0 Å². The fraction of sp³-hybridized carbons (Fsp3) is 1.00. The molecule has 0 spiro atoms. The van der Waals surface area contributed by atoms with Crippen LogP contribution in [-0.4, -0.2) is 23.4 Å². The second-order valence-corrected chi connectivity index (χ2v) is 13.2. The third kappa shape index (κ3) is 19.1. The largest absolute Gasteiger partial charge is 0.396 e. The van der Waals surface area contributed by atoms with Crippen molar-refractivity contribution in [1.29, 1.82) is 0 Å². The van der Waals surface area contributed by atoms with Crippen LogP contribution < -0.4 is 0 Å². The highest BCUT2D eigenvalue weighted by Gasteiger charge is 2.32. The molecule has 4 unspecified atom stereocenters. The highest BCUT2D eigenvalue weighted by atomic mass is 16.3. The minimum absolute atomic E-state index is 0.366. The second-order valence-electron chi connectivity index (χ2n) is 13.2. The molecule has 2 N–H and O–H groups in total. The Kier molecular flexibility index (Phi) is 25.6. The Bertz CT molecular complexity index is 464. The van der Waals surface area contributed by atoms with Crippen LogP contribution in [0.5, 0.6) is 0 Å². The Hall–Kier alpha value is -0.0800. The molecule has 0 saturated heterocycles. The molecule has 1 aliphatic rings. The highest BCUT2D eigenvalue weighted by molar-refractivity contribution is 4.83. The maximum absolute atomic E-state index is 9.06. The SMILES string of the molecule is CCCCCCCC1CC(CCCCCCCCO)C(CCCCCCCCO)CCC1CCCCCC. The van der Waals surface area contributed by atoms with Crippen LogP contribution in [0.1, 0.15) is 194 Å². The normalized spacial score (nSPS) is 22.1. The molecule has 0 amide bonds. The van der Waals surface area contributed by atoms with Gasteiger partial charge in [-0.2, -0.15) is 0 Å². The summed E-state index contributed by atoms with van der Waals surface area (Å²) in [6.07, 6.45) is 38.9. The molecule has 0 heterocycles. The number of unbranched alkanes of at least 4 members (excludes halogenated alkanes) is 17. The molecule has 2 heteroatoms. The highest BCUT2D eigenvalue weighted by Crippen LogP contribution is 2.44. The maximum atomic E-state index is 9.06. The molecule has 1 fully saturated rings. The Balaban J connectivity index is 2.69. The van der Waals surface area contributed by atoms with Gasteiger partial charge in [-0.25, -0.2) is 0 Å². The van der Waals surface area contributed by atoms with Gasteiger partial charge in [-0.3, -0.25) is 0 Å². The van der Waals surface area contributed by atoms with Crippen molar-refractivity contribution in [2.45, 2.75) is 194 Å². The van der Waals surface area contributed by atoms with E-state index in [9.17, 15) is 0 Å². The number of hydrogen-bond acceptors (Lipinski definition) is 2. The zero-order valence-corrected chi connectivity index (χ0v) is 26.4. The van der Waals surface area contributed by atoms with Crippen LogP contribution in [0, 0.1) is 23.7 Å². The van der Waals surface area contributed by atoms with E-state index in [1.54, 1.807) is 0 Å². The first-order valence-corrected chi connectivity index (χ1v) is 18.0. The van der Waals surface area contributed by atoms with Crippen molar-refractivity contribution in [3.8, 4) is 0 Å². The van der Waals surface area contributed by atoms with Crippen LogP contribution in [0.3, 0.4) is 0 Å². The summed E-state index contributed by atoms with van der Waals surface area (Å²) in [6.45, 7) is 5.42. The number of aliphatic hydroxyl groups is 2. The number of rotatable bonds is 27.